The van der Waals surface area contributed by atoms with Crippen molar-refractivity contribution in [2.75, 3.05) is 11.4 Å². The summed E-state index contributed by atoms with van der Waals surface area (Å²) in [6.45, 7) is 8.33. The first-order valence-corrected chi connectivity index (χ1v) is 15.1. The number of benzene rings is 3. The predicted molar refractivity (Wildman–Crippen MR) is 151 cm³/mol. The molecule has 0 fully saturated rings. The van der Waals surface area contributed by atoms with E-state index in [4.69, 9.17) is 4.52 Å². The molecular weight excluding hydrogens is 532 g/mol. The van der Waals surface area contributed by atoms with E-state index >= 15 is 0 Å². The number of nitrogens with zero attached hydrogens (tertiary/aromatic N) is 3. The summed E-state index contributed by atoms with van der Waals surface area (Å²) < 4.78 is 34.5. The van der Waals surface area contributed by atoms with Gasteiger partial charge in [-0.15, -0.1) is 0 Å². The molecule has 0 saturated heterocycles. The SMILES string of the molecule is CCCN1C(=O)c2ccccc2Sc2cc(-c3noc([C@H](NS(=O)(=O)c4ccc(C)cc4)C(C)C)n3)ccc21. The predicted octanol–water partition coefficient (Wildman–Crippen LogP) is 6.24. The van der Waals surface area contributed by atoms with Crippen molar-refractivity contribution >= 4 is 33.4 Å². The van der Waals surface area contributed by atoms with Crippen molar-refractivity contribution < 1.29 is 17.7 Å². The maximum atomic E-state index is 13.3. The molecule has 2 heterocycles. The zero-order valence-electron chi connectivity index (χ0n) is 22.2. The Hall–Kier alpha value is -3.47. The normalized spacial score (nSPS) is 14.2. The second-order valence-corrected chi connectivity index (χ2v) is 12.6. The van der Waals surface area contributed by atoms with Crippen molar-refractivity contribution in [3.8, 4) is 11.4 Å². The summed E-state index contributed by atoms with van der Waals surface area (Å²) in [6.07, 6.45) is 0.822. The van der Waals surface area contributed by atoms with Gasteiger partial charge in [0, 0.05) is 21.9 Å². The number of nitrogens with one attached hydrogen (secondary N) is 1. The molecule has 0 spiro atoms. The second kappa shape index (κ2) is 11.0. The van der Waals surface area contributed by atoms with Gasteiger partial charge in [-0.25, -0.2) is 8.42 Å². The van der Waals surface area contributed by atoms with Crippen molar-refractivity contribution in [1.82, 2.24) is 14.9 Å². The fourth-order valence-corrected chi connectivity index (χ4v) is 6.87. The van der Waals surface area contributed by atoms with Crippen LogP contribution in [0.5, 0.6) is 0 Å². The molecule has 0 aliphatic carbocycles. The van der Waals surface area contributed by atoms with Crippen LogP contribution in [0.2, 0.25) is 0 Å². The van der Waals surface area contributed by atoms with Crippen LogP contribution >= 0.6 is 11.8 Å². The molecule has 0 radical (unpaired) electrons. The number of carbonyl (C=O) groups excluding carboxylic acids is 1. The van der Waals surface area contributed by atoms with E-state index in [1.54, 1.807) is 24.3 Å². The number of anilines is 1. The van der Waals surface area contributed by atoms with Crippen molar-refractivity contribution in [2.24, 2.45) is 5.92 Å². The minimum atomic E-state index is -3.80. The van der Waals surface area contributed by atoms with E-state index in [0.29, 0.717) is 23.5 Å². The van der Waals surface area contributed by atoms with E-state index in [-0.39, 0.29) is 22.6 Å². The summed E-state index contributed by atoms with van der Waals surface area (Å²) in [5.74, 6) is 0.367. The number of carbonyl (C=O) groups is 1. The second-order valence-electron chi connectivity index (χ2n) is 9.85. The summed E-state index contributed by atoms with van der Waals surface area (Å²) in [7, 11) is -3.80. The molecular formula is C29H30N4O4S2. The molecule has 10 heteroatoms. The molecule has 0 unspecified atom stereocenters. The minimum absolute atomic E-state index is 0.0195. The topological polar surface area (TPSA) is 105 Å². The van der Waals surface area contributed by atoms with Gasteiger partial charge in [-0.2, -0.15) is 9.71 Å². The Morgan fingerprint density at radius 1 is 1.03 bits per heavy atom. The number of fused-ring (bicyclic) bond motifs is 2. The molecule has 8 nitrogen and oxygen atoms in total. The first-order chi connectivity index (χ1) is 18.7. The van der Waals surface area contributed by atoms with E-state index in [1.807, 2.05) is 75.1 Å². The lowest BCUT2D eigenvalue weighted by Crippen LogP contribution is -2.32. The van der Waals surface area contributed by atoms with Crippen LogP contribution < -0.4 is 9.62 Å². The molecule has 1 amide bonds. The Labute approximate surface area is 232 Å². The van der Waals surface area contributed by atoms with Crippen LogP contribution in [0.15, 0.2) is 85.9 Å². The molecule has 1 aliphatic rings. The number of hydrogen-bond donors (Lipinski definition) is 1. The third kappa shape index (κ3) is 5.50. The Balaban J connectivity index is 1.47. The lowest BCUT2D eigenvalue weighted by atomic mass is 10.1. The number of aromatic nitrogens is 2. The van der Waals surface area contributed by atoms with Crippen molar-refractivity contribution in [1.29, 1.82) is 0 Å². The molecule has 1 N–H and O–H groups in total. The van der Waals surface area contributed by atoms with Gasteiger partial charge in [-0.1, -0.05) is 67.5 Å². The number of sulfonamides is 1. The lowest BCUT2D eigenvalue weighted by Gasteiger charge is -2.22. The highest BCUT2D eigenvalue weighted by Crippen LogP contribution is 2.43. The van der Waals surface area contributed by atoms with Crippen LogP contribution in [-0.2, 0) is 10.0 Å². The molecule has 5 rings (SSSR count). The Bertz CT molecular complexity index is 1610. The number of aryl methyl sites for hydroxylation is 1. The van der Waals surface area contributed by atoms with Gasteiger partial charge in [-0.3, -0.25) is 4.79 Å². The third-order valence-corrected chi connectivity index (χ3v) is 9.11. The summed E-state index contributed by atoms with van der Waals surface area (Å²) in [5, 5.41) is 4.18. The van der Waals surface area contributed by atoms with Crippen LogP contribution in [0.1, 0.15) is 55.0 Å². The van der Waals surface area contributed by atoms with Crippen LogP contribution in [0.4, 0.5) is 5.69 Å². The zero-order valence-corrected chi connectivity index (χ0v) is 23.8. The van der Waals surface area contributed by atoms with Gasteiger partial charge in [0.05, 0.1) is 16.1 Å². The van der Waals surface area contributed by atoms with E-state index in [0.717, 1.165) is 27.5 Å². The maximum absolute atomic E-state index is 13.3. The quantitative estimate of drug-likeness (QED) is 0.271. The van der Waals surface area contributed by atoms with Crippen LogP contribution in [0.25, 0.3) is 11.4 Å². The average Bonchev–Trinajstić information content (AvgIpc) is 3.37. The third-order valence-electron chi connectivity index (χ3n) is 6.53. The van der Waals surface area contributed by atoms with E-state index in [1.165, 1.54) is 11.8 Å². The molecule has 1 aliphatic heterocycles. The lowest BCUT2D eigenvalue weighted by molar-refractivity contribution is 0.0984. The van der Waals surface area contributed by atoms with Gasteiger partial charge in [0.2, 0.25) is 21.7 Å². The monoisotopic (exact) mass is 562 g/mol. The Kier molecular flexibility index (Phi) is 7.61. The van der Waals surface area contributed by atoms with Crippen LogP contribution in [0, 0.1) is 12.8 Å². The Morgan fingerprint density at radius 3 is 2.49 bits per heavy atom. The van der Waals surface area contributed by atoms with Crippen molar-refractivity contribution in [3.63, 3.8) is 0 Å². The smallest absolute Gasteiger partial charge is 0.259 e. The summed E-state index contributed by atoms with van der Waals surface area (Å²) in [6, 6.07) is 19.3. The van der Waals surface area contributed by atoms with Gasteiger partial charge in [0.25, 0.3) is 5.91 Å². The zero-order chi connectivity index (χ0) is 27.7. The fourth-order valence-electron chi connectivity index (χ4n) is 4.41. The van der Waals surface area contributed by atoms with E-state index in [2.05, 4.69) is 14.9 Å². The molecule has 0 saturated carbocycles. The fraction of sp³-hybridized carbons (Fsp3) is 0.276. The highest BCUT2D eigenvalue weighted by Gasteiger charge is 2.30. The van der Waals surface area contributed by atoms with Gasteiger partial charge in [0.1, 0.15) is 6.04 Å². The van der Waals surface area contributed by atoms with Gasteiger partial charge < -0.3 is 9.42 Å². The van der Waals surface area contributed by atoms with Crippen molar-refractivity contribution in [3.05, 3.63) is 83.7 Å². The number of rotatable bonds is 8. The standard InChI is InChI=1S/C29H30N4O4S2/c1-5-16-33-23-15-12-20(17-25(23)38-24-9-7-6-8-22(24)29(33)34)27-30-28(37-31-27)26(18(2)3)32-39(35,36)21-13-10-19(4)11-14-21/h6-15,17-18,26,32H,5,16H2,1-4H3/t26-/m1/s1. The first-order valence-electron chi connectivity index (χ1n) is 12.8. The summed E-state index contributed by atoms with van der Waals surface area (Å²) >= 11 is 1.53. The molecule has 0 bridgehead atoms. The van der Waals surface area contributed by atoms with Gasteiger partial charge in [-0.05, 0) is 61.7 Å². The molecule has 1 atom stereocenters. The highest BCUT2D eigenvalue weighted by atomic mass is 32.2. The number of hydrogen-bond acceptors (Lipinski definition) is 7. The molecule has 3 aromatic carbocycles. The highest BCUT2D eigenvalue weighted by molar-refractivity contribution is 7.99. The van der Waals surface area contributed by atoms with E-state index in [9.17, 15) is 13.2 Å². The summed E-state index contributed by atoms with van der Waals surface area (Å²) in [5.41, 5.74) is 3.20. The van der Waals surface area contributed by atoms with Crippen LogP contribution in [-0.4, -0.2) is 31.0 Å². The largest absolute Gasteiger partial charge is 0.337 e. The molecule has 4 aromatic rings. The maximum Gasteiger partial charge on any atom is 0.259 e. The minimum Gasteiger partial charge on any atom is -0.337 e. The molecule has 39 heavy (non-hydrogen) atoms. The van der Waals surface area contributed by atoms with Crippen molar-refractivity contribution in [2.45, 2.75) is 54.8 Å². The van der Waals surface area contributed by atoms with Gasteiger partial charge in [0.15, 0.2) is 0 Å². The number of amides is 1. The van der Waals surface area contributed by atoms with Crippen LogP contribution in [0.3, 0.4) is 0 Å². The first kappa shape index (κ1) is 27.1. The van der Waals surface area contributed by atoms with Gasteiger partial charge >= 0.3 is 0 Å². The average molecular weight is 563 g/mol. The molecule has 1 aromatic heterocycles. The van der Waals surface area contributed by atoms with E-state index < -0.39 is 16.1 Å². The Morgan fingerprint density at radius 2 is 1.77 bits per heavy atom. The summed E-state index contributed by atoms with van der Waals surface area (Å²) in [4.78, 5) is 21.7. The molecule has 202 valence electrons.